The highest BCUT2D eigenvalue weighted by atomic mass is 35.5. The van der Waals surface area contributed by atoms with E-state index in [1.165, 1.54) is 0 Å². The van der Waals surface area contributed by atoms with Crippen LogP contribution in [-0.4, -0.2) is 14.9 Å². The molecule has 0 radical (unpaired) electrons. The molecule has 1 heterocycles. The van der Waals surface area contributed by atoms with Crippen molar-refractivity contribution in [2.45, 2.75) is 6.92 Å². The predicted molar refractivity (Wildman–Crippen MR) is 72.6 cm³/mol. The minimum Gasteiger partial charge on any atom is -0.368 e. The summed E-state index contributed by atoms with van der Waals surface area (Å²) in [6.07, 6.45) is 1.06. The van der Waals surface area contributed by atoms with E-state index < -0.39 is 4.92 Å². The lowest BCUT2D eigenvalue weighted by Gasteiger charge is -2.09. The Morgan fingerprint density at radius 3 is 2.89 bits per heavy atom. The molecule has 1 aromatic heterocycles. The number of benzene rings is 1. The van der Waals surface area contributed by atoms with Gasteiger partial charge in [0, 0.05) is 10.7 Å². The van der Waals surface area contributed by atoms with Gasteiger partial charge in [0.1, 0.15) is 6.20 Å². The number of aryl methyl sites for hydroxylation is 1. The molecule has 0 aliphatic heterocycles. The summed E-state index contributed by atoms with van der Waals surface area (Å²) in [7, 11) is 0. The van der Waals surface area contributed by atoms with Gasteiger partial charge in [0.25, 0.3) is 0 Å². The smallest absolute Gasteiger partial charge is 0.329 e. The van der Waals surface area contributed by atoms with E-state index >= 15 is 0 Å². The summed E-state index contributed by atoms with van der Waals surface area (Å²) in [5.74, 6) is -0.0179. The monoisotopic (exact) mass is 279 g/mol. The van der Waals surface area contributed by atoms with Crippen LogP contribution >= 0.6 is 11.6 Å². The molecule has 0 bridgehead atoms. The van der Waals surface area contributed by atoms with Gasteiger partial charge in [-0.1, -0.05) is 17.7 Å². The molecule has 2 rings (SSSR count). The fourth-order valence-electron chi connectivity index (χ4n) is 1.47. The summed E-state index contributed by atoms with van der Waals surface area (Å²) in [6, 6.07) is 5.17. The molecule has 0 aliphatic carbocycles. The molecule has 0 spiro atoms. The second-order valence-electron chi connectivity index (χ2n) is 3.80. The van der Waals surface area contributed by atoms with Crippen LogP contribution < -0.4 is 11.1 Å². The number of nitrogens with two attached hydrogens (primary N) is 1. The van der Waals surface area contributed by atoms with Gasteiger partial charge in [0.15, 0.2) is 0 Å². The first-order chi connectivity index (χ1) is 8.97. The van der Waals surface area contributed by atoms with Crippen molar-refractivity contribution in [1.82, 2.24) is 9.97 Å². The summed E-state index contributed by atoms with van der Waals surface area (Å²) in [6.45, 7) is 1.84. The Kier molecular flexibility index (Phi) is 3.48. The van der Waals surface area contributed by atoms with Crippen LogP contribution in [0.2, 0.25) is 5.02 Å². The highest BCUT2D eigenvalue weighted by Gasteiger charge is 2.17. The first-order valence-corrected chi connectivity index (χ1v) is 5.65. The van der Waals surface area contributed by atoms with Gasteiger partial charge in [-0.25, -0.2) is 4.98 Å². The number of nitrogens with zero attached hydrogens (tertiary/aromatic N) is 3. The van der Waals surface area contributed by atoms with Crippen LogP contribution in [0.15, 0.2) is 24.4 Å². The van der Waals surface area contributed by atoms with Gasteiger partial charge in [-0.15, -0.1) is 0 Å². The molecule has 19 heavy (non-hydrogen) atoms. The molecule has 0 aliphatic rings. The zero-order valence-corrected chi connectivity index (χ0v) is 10.7. The molecule has 7 nitrogen and oxygen atoms in total. The molecule has 1 aromatic carbocycles. The van der Waals surface area contributed by atoms with E-state index in [1.807, 2.05) is 6.92 Å². The van der Waals surface area contributed by atoms with E-state index in [0.29, 0.717) is 10.7 Å². The number of anilines is 3. The Labute approximate surface area is 113 Å². The van der Waals surface area contributed by atoms with E-state index in [-0.39, 0.29) is 17.5 Å². The highest BCUT2D eigenvalue weighted by Crippen LogP contribution is 2.28. The lowest BCUT2D eigenvalue weighted by Crippen LogP contribution is -2.04. The maximum absolute atomic E-state index is 10.9. The van der Waals surface area contributed by atoms with Gasteiger partial charge >= 0.3 is 5.69 Å². The zero-order valence-electron chi connectivity index (χ0n) is 9.92. The van der Waals surface area contributed by atoms with Gasteiger partial charge in [-0.2, -0.15) is 4.98 Å². The van der Waals surface area contributed by atoms with Crippen molar-refractivity contribution in [3.63, 3.8) is 0 Å². The molecule has 0 saturated heterocycles. The maximum Gasteiger partial charge on any atom is 0.329 e. The van der Waals surface area contributed by atoms with Crippen LogP contribution in [0.25, 0.3) is 0 Å². The fourth-order valence-corrected chi connectivity index (χ4v) is 1.64. The van der Waals surface area contributed by atoms with Crippen LogP contribution in [0.3, 0.4) is 0 Å². The van der Waals surface area contributed by atoms with E-state index in [9.17, 15) is 10.1 Å². The molecule has 0 saturated carbocycles. The first kappa shape index (κ1) is 13.0. The number of hydrogen-bond acceptors (Lipinski definition) is 6. The lowest BCUT2D eigenvalue weighted by molar-refractivity contribution is -0.384. The normalized spacial score (nSPS) is 10.2. The highest BCUT2D eigenvalue weighted by molar-refractivity contribution is 6.30. The summed E-state index contributed by atoms with van der Waals surface area (Å²) in [4.78, 5) is 17.7. The molecular weight excluding hydrogens is 270 g/mol. The summed E-state index contributed by atoms with van der Waals surface area (Å²) < 4.78 is 0. The van der Waals surface area contributed by atoms with Crippen molar-refractivity contribution in [2.24, 2.45) is 0 Å². The van der Waals surface area contributed by atoms with E-state index in [2.05, 4.69) is 15.3 Å². The molecule has 8 heteroatoms. The minimum atomic E-state index is -0.582. The van der Waals surface area contributed by atoms with E-state index in [4.69, 9.17) is 17.3 Å². The third-order valence-corrected chi connectivity index (χ3v) is 2.67. The predicted octanol–water partition coefficient (Wildman–Crippen LogP) is 2.67. The maximum atomic E-state index is 10.9. The standard InChI is InChI=1S/C11H10ClN5O2/c1-6-2-3-7(12)4-8(6)15-10-9(17(18)19)5-14-11(13)16-10/h2-5H,1H3,(H3,13,14,15,16). The molecule has 0 unspecified atom stereocenters. The van der Waals surface area contributed by atoms with Crippen LogP contribution in [0.5, 0.6) is 0 Å². The van der Waals surface area contributed by atoms with Crippen LogP contribution in [0.4, 0.5) is 23.1 Å². The van der Waals surface area contributed by atoms with Crippen molar-refractivity contribution in [3.05, 3.63) is 45.1 Å². The van der Waals surface area contributed by atoms with Gasteiger partial charge in [0.05, 0.1) is 4.92 Å². The molecule has 0 amide bonds. The van der Waals surface area contributed by atoms with Crippen molar-refractivity contribution in [2.75, 3.05) is 11.1 Å². The molecule has 3 N–H and O–H groups in total. The van der Waals surface area contributed by atoms with Gasteiger partial charge in [-0.05, 0) is 24.6 Å². The van der Waals surface area contributed by atoms with E-state index in [1.54, 1.807) is 18.2 Å². The Balaban J connectivity index is 2.45. The molecule has 0 atom stereocenters. The number of hydrogen-bond donors (Lipinski definition) is 2. The SMILES string of the molecule is Cc1ccc(Cl)cc1Nc1nc(N)ncc1[N+](=O)[O-]. The van der Waals surface area contributed by atoms with Crippen molar-refractivity contribution >= 4 is 34.7 Å². The molecule has 98 valence electrons. The molecule has 2 aromatic rings. The zero-order chi connectivity index (χ0) is 14.0. The van der Waals surface area contributed by atoms with Crippen molar-refractivity contribution < 1.29 is 4.92 Å². The van der Waals surface area contributed by atoms with Gasteiger partial charge in [0.2, 0.25) is 11.8 Å². The summed E-state index contributed by atoms with van der Waals surface area (Å²) in [5, 5.41) is 14.3. The number of nitrogens with one attached hydrogen (secondary N) is 1. The topological polar surface area (TPSA) is 107 Å². The number of aromatic nitrogens is 2. The largest absolute Gasteiger partial charge is 0.368 e. The third-order valence-electron chi connectivity index (χ3n) is 2.44. The van der Waals surface area contributed by atoms with Gasteiger partial charge < -0.3 is 11.1 Å². The van der Waals surface area contributed by atoms with Crippen LogP contribution in [0.1, 0.15) is 5.56 Å². The van der Waals surface area contributed by atoms with Gasteiger partial charge in [-0.3, -0.25) is 10.1 Å². The fraction of sp³-hybridized carbons (Fsp3) is 0.0909. The van der Waals surface area contributed by atoms with Crippen molar-refractivity contribution in [1.29, 1.82) is 0 Å². The van der Waals surface area contributed by atoms with Crippen LogP contribution in [-0.2, 0) is 0 Å². The number of halogens is 1. The second kappa shape index (κ2) is 5.07. The summed E-state index contributed by atoms with van der Waals surface area (Å²) >= 11 is 5.89. The Hall–Kier alpha value is -2.41. The quantitative estimate of drug-likeness (QED) is 0.661. The third kappa shape index (κ3) is 2.89. The molecular formula is C11H10ClN5O2. The average Bonchev–Trinajstić information content (AvgIpc) is 2.33. The van der Waals surface area contributed by atoms with Crippen molar-refractivity contribution in [3.8, 4) is 0 Å². The number of nitrogen functional groups attached to an aromatic ring is 1. The van der Waals surface area contributed by atoms with E-state index in [0.717, 1.165) is 11.8 Å². The molecule has 0 fully saturated rings. The summed E-state index contributed by atoms with van der Waals surface area (Å²) in [5.41, 5.74) is 6.67. The number of nitro groups is 1. The second-order valence-corrected chi connectivity index (χ2v) is 4.24. The average molecular weight is 280 g/mol. The van der Waals surface area contributed by atoms with Crippen LogP contribution in [0, 0.1) is 17.0 Å². The first-order valence-electron chi connectivity index (χ1n) is 5.27. The Morgan fingerprint density at radius 1 is 1.47 bits per heavy atom. The Morgan fingerprint density at radius 2 is 2.21 bits per heavy atom. The minimum absolute atomic E-state index is 0.0304. The lowest BCUT2D eigenvalue weighted by atomic mass is 10.2. The number of rotatable bonds is 3. The Bertz CT molecular complexity index is 647.